The molecular formula is C25H26N2O5S. The number of amides is 1. The molecule has 0 aliphatic rings. The summed E-state index contributed by atoms with van der Waals surface area (Å²) < 4.78 is 37.9. The highest BCUT2D eigenvalue weighted by Crippen LogP contribution is 2.17. The Kier molecular flexibility index (Phi) is 8.49. The van der Waals surface area contributed by atoms with Gasteiger partial charge in [-0.15, -0.1) is 0 Å². The predicted octanol–water partition coefficient (Wildman–Crippen LogP) is 4.31. The molecule has 0 atom stereocenters. The zero-order chi connectivity index (χ0) is 23.5. The van der Waals surface area contributed by atoms with Crippen LogP contribution in [0.4, 0.5) is 5.69 Å². The molecule has 0 aromatic heterocycles. The number of carbonyl (C=O) groups excluding carboxylic acids is 1. The molecule has 0 fully saturated rings. The van der Waals surface area contributed by atoms with Gasteiger partial charge in [0.2, 0.25) is 0 Å². The maximum Gasteiger partial charge on any atom is 0.255 e. The Labute approximate surface area is 194 Å². The van der Waals surface area contributed by atoms with E-state index in [9.17, 15) is 13.2 Å². The van der Waals surface area contributed by atoms with Crippen molar-refractivity contribution in [3.8, 4) is 11.5 Å². The largest absolute Gasteiger partial charge is 0.494 e. The lowest BCUT2D eigenvalue weighted by molar-refractivity contribution is 0.0947. The molecule has 0 bridgehead atoms. The van der Waals surface area contributed by atoms with Crippen LogP contribution in [-0.4, -0.2) is 34.1 Å². The molecular weight excluding hydrogens is 440 g/mol. The molecule has 172 valence electrons. The molecule has 0 unspecified atom stereocenters. The Morgan fingerprint density at radius 1 is 0.879 bits per heavy atom. The quantitative estimate of drug-likeness (QED) is 0.411. The minimum Gasteiger partial charge on any atom is -0.494 e. The van der Waals surface area contributed by atoms with Gasteiger partial charge < -0.3 is 14.8 Å². The minimum absolute atomic E-state index is 0.274. The van der Waals surface area contributed by atoms with E-state index < -0.39 is 10.0 Å². The van der Waals surface area contributed by atoms with Crippen LogP contribution >= 0.6 is 0 Å². The lowest BCUT2D eigenvalue weighted by atomic mass is 10.2. The standard InChI is InChI=1S/C25H26N2O5S/c1-2-31-23-12-14-24(15-13-23)32-18-17-26-25(28)21-8-10-22(11-9-21)27-33(29,30)19-16-20-6-4-3-5-7-20/h3-16,19,27H,2,17-18H2,1H3,(H,26,28)/b19-16+. The van der Waals surface area contributed by atoms with Crippen LogP contribution in [0.5, 0.6) is 11.5 Å². The maximum absolute atomic E-state index is 12.3. The zero-order valence-electron chi connectivity index (χ0n) is 18.2. The summed E-state index contributed by atoms with van der Waals surface area (Å²) in [6, 6.07) is 22.6. The van der Waals surface area contributed by atoms with E-state index in [2.05, 4.69) is 10.0 Å². The topological polar surface area (TPSA) is 93.7 Å². The number of nitrogens with one attached hydrogen (secondary N) is 2. The third-order valence-electron chi connectivity index (χ3n) is 4.44. The fourth-order valence-corrected chi connectivity index (χ4v) is 3.72. The molecule has 0 aliphatic heterocycles. The van der Waals surface area contributed by atoms with Crippen molar-refractivity contribution in [2.45, 2.75) is 6.92 Å². The predicted molar refractivity (Wildman–Crippen MR) is 130 cm³/mol. The summed E-state index contributed by atoms with van der Waals surface area (Å²) in [5, 5.41) is 3.87. The van der Waals surface area contributed by atoms with E-state index in [1.165, 1.54) is 6.08 Å². The molecule has 2 N–H and O–H groups in total. The van der Waals surface area contributed by atoms with Gasteiger partial charge >= 0.3 is 0 Å². The Morgan fingerprint density at radius 3 is 2.15 bits per heavy atom. The molecule has 8 heteroatoms. The van der Waals surface area contributed by atoms with Crippen molar-refractivity contribution in [2.24, 2.45) is 0 Å². The number of carbonyl (C=O) groups is 1. The second-order valence-corrected chi connectivity index (χ2v) is 8.51. The van der Waals surface area contributed by atoms with Crippen LogP contribution in [0, 0.1) is 0 Å². The van der Waals surface area contributed by atoms with Crippen molar-refractivity contribution in [2.75, 3.05) is 24.5 Å². The molecule has 0 saturated carbocycles. The molecule has 0 radical (unpaired) electrons. The van der Waals surface area contributed by atoms with Crippen molar-refractivity contribution in [3.63, 3.8) is 0 Å². The Morgan fingerprint density at radius 2 is 1.52 bits per heavy atom. The molecule has 0 saturated heterocycles. The highest BCUT2D eigenvalue weighted by Gasteiger charge is 2.08. The molecule has 33 heavy (non-hydrogen) atoms. The van der Waals surface area contributed by atoms with Crippen molar-refractivity contribution in [1.82, 2.24) is 5.32 Å². The number of rotatable bonds is 11. The Hall–Kier alpha value is -3.78. The molecule has 7 nitrogen and oxygen atoms in total. The van der Waals surface area contributed by atoms with Gasteiger partial charge in [-0.1, -0.05) is 30.3 Å². The number of sulfonamides is 1. The Bertz CT molecular complexity index is 1160. The number of ether oxygens (including phenoxy) is 2. The normalized spacial score (nSPS) is 11.2. The van der Waals surface area contributed by atoms with E-state index in [0.717, 1.165) is 16.7 Å². The van der Waals surface area contributed by atoms with Crippen molar-refractivity contribution in [1.29, 1.82) is 0 Å². The maximum atomic E-state index is 12.3. The van der Waals surface area contributed by atoms with Crippen molar-refractivity contribution < 1.29 is 22.7 Å². The van der Waals surface area contributed by atoms with E-state index in [-0.39, 0.29) is 5.91 Å². The molecule has 0 aliphatic carbocycles. The van der Waals surface area contributed by atoms with Gasteiger partial charge in [-0.2, -0.15) is 0 Å². The smallest absolute Gasteiger partial charge is 0.255 e. The summed E-state index contributed by atoms with van der Waals surface area (Å²) in [4.78, 5) is 12.3. The van der Waals surface area contributed by atoms with E-state index >= 15 is 0 Å². The van der Waals surface area contributed by atoms with Gasteiger partial charge in [0.25, 0.3) is 15.9 Å². The van der Waals surface area contributed by atoms with Crippen molar-refractivity contribution in [3.05, 3.63) is 95.4 Å². The average Bonchev–Trinajstić information content (AvgIpc) is 2.82. The summed E-state index contributed by atoms with van der Waals surface area (Å²) in [6.45, 7) is 3.16. The monoisotopic (exact) mass is 466 g/mol. The van der Waals surface area contributed by atoms with Crippen LogP contribution < -0.4 is 19.5 Å². The number of hydrogen-bond acceptors (Lipinski definition) is 5. The molecule has 0 heterocycles. The second-order valence-electron chi connectivity index (χ2n) is 6.95. The van der Waals surface area contributed by atoms with Crippen LogP contribution in [0.3, 0.4) is 0 Å². The number of hydrogen-bond donors (Lipinski definition) is 2. The van der Waals surface area contributed by atoms with Gasteiger partial charge in [-0.25, -0.2) is 8.42 Å². The van der Waals surface area contributed by atoms with Crippen LogP contribution in [0.25, 0.3) is 6.08 Å². The summed E-state index contributed by atoms with van der Waals surface area (Å²) in [5.41, 5.74) is 1.56. The molecule has 3 rings (SSSR count). The lowest BCUT2D eigenvalue weighted by Gasteiger charge is -2.09. The molecule has 3 aromatic rings. The van der Waals surface area contributed by atoms with Gasteiger partial charge in [0.1, 0.15) is 18.1 Å². The molecule has 0 spiro atoms. The first-order valence-corrected chi connectivity index (χ1v) is 12.0. The third kappa shape index (κ3) is 8.01. The average molecular weight is 467 g/mol. The minimum atomic E-state index is -3.67. The lowest BCUT2D eigenvalue weighted by Crippen LogP contribution is -2.28. The van der Waals surface area contributed by atoms with E-state index in [4.69, 9.17) is 9.47 Å². The summed E-state index contributed by atoms with van der Waals surface area (Å²) in [5.74, 6) is 1.19. The van der Waals surface area contributed by atoms with E-state index in [1.807, 2.05) is 61.5 Å². The van der Waals surface area contributed by atoms with Crippen LogP contribution in [0.1, 0.15) is 22.8 Å². The summed E-state index contributed by atoms with van der Waals surface area (Å²) in [7, 11) is -3.67. The fraction of sp³-hybridized carbons (Fsp3) is 0.160. The second kappa shape index (κ2) is 11.7. The fourth-order valence-electron chi connectivity index (χ4n) is 2.85. The number of anilines is 1. The van der Waals surface area contributed by atoms with E-state index in [1.54, 1.807) is 24.3 Å². The van der Waals surface area contributed by atoms with Crippen LogP contribution in [-0.2, 0) is 10.0 Å². The summed E-state index contributed by atoms with van der Waals surface area (Å²) >= 11 is 0. The first-order valence-electron chi connectivity index (χ1n) is 10.4. The van der Waals surface area contributed by atoms with E-state index in [0.29, 0.717) is 36.8 Å². The summed E-state index contributed by atoms with van der Waals surface area (Å²) in [6.07, 6.45) is 1.51. The van der Waals surface area contributed by atoms with Gasteiger partial charge in [0.05, 0.1) is 18.6 Å². The van der Waals surface area contributed by atoms with Gasteiger partial charge in [-0.05, 0) is 67.1 Å². The van der Waals surface area contributed by atoms with Crippen molar-refractivity contribution >= 4 is 27.7 Å². The SMILES string of the molecule is CCOc1ccc(OCCNC(=O)c2ccc(NS(=O)(=O)/C=C/c3ccccc3)cc2)cc1. The van der Waals surface area contributed by atoms with Gasteiger partial charge in [-0.3, -0.25) is 9.52 Å². The van der Waals surface area contributed by atoms with Gasteiger partial charge in [0, 0.05) is 11.3 Å². The zero-order valence-corrected chi connectivity index (χ0v) is 19.0. The third-order valence-corrected chi connectivity index (χ3v) is 5.45. The first-order chi connectivity index (χ1) is 15.9. The highest BCUT2D eigenvalue weighted by molar-refractivity contribution is 7.95. The molecule has 3 aromatic carbocycles. The van der Waals surface area contributed by atoms with Crippen LogP contribution in [0.2, 0.25) is 0 Å². The highest BCUT2D eigenvalue weighted by atomic mass is 32.2. The number of benzene rings is 3. The Balaban J connectivity index is 1.45. The molecule has 1 amide bonds. The first kappa shape index (κ1) is 23.9. The van der Waals surface area contributed by atoms with Gasteiger partial charge in [0.15, 0.2) is 0 Å². The van der Waals surface area contributed by atoms with Crippen LogP contribution in [0.15, 0.2) is 84.3 Å².